The maximum atomic E-state index is 12.3. The Labute approximate surface area is 165 Å². The van der Waals surface area contributed by atoms with E-state index in [1.54, 1.807) is 12.1 Å². The van der Waals surface area contributed by atoms with E-state index >= 15 is 0 Å². The highest BCUT2D eigenvalue weighted by Crippen LogP contribution is 2.22. The van der Waals surface area contributed by atoms with E-state index in [0.29, 0.717) is 6.54 Å². The number of hydrogen-bond acceptors (Lipinski definition) is 5. The Morgan fingerprint density at radius 3 is 2.54 bits per heavy atom. The highest BCUT2D eigenvalue weighted by molar-refractivity contribution is 14.1. The van der Waals surface area contributed by atoms with Crippen LogP contribution in [0, 0.1) is 13.7 Å². The maximum absolute atomic E-state index is 12.3. The lowest BCUT2D eigenvalue weighted by molar-refractivity contribution is -0.384. The number of nitro groups is 1. The van der Waals surface area contributed by atoms with Crippen molar-refractivity contribution in [2.75, 3.05) is 42.9 Å². The number of nitrogens with zero attached hydrogens (tertiary/aromatic N) is 3. The van der Waals surface area contributed by atoms with Gasteiger partial charge >= 0.3 is 0 Å². The molecule has 2 aromatic rings. The molecule has 1 heterocycles. The Morgan fingerprint density at radius 2 is 1.85 bits per heavy atom. The van der Waals surface area contributed by atoms with Gasteiger partial charge in [0.15, 0.2) is 0 Å². The summed E-state index contributed by atoms with van der Waals surface area (Å²) in [7, 11) is 0. The second-order valence-corrected chi connectivity index (χ2v) is 7.23. The summed E-state index contributed by atoms with van der Waals surface area (Å²) in [5.74, 6) is -0.0297. The highest BCUT2D eigenvalue weighted by Gasteiger charge is 2.20. The average Bonchev–Trinajstić information content (AvgIpc) is 2.64. The standard InChI is InChI=1S/C18H19IN4O3/c19-16-6-1-2-7-17(16)20-18(24)13-21-8-10-22(11-9-21)14-4-3-5-15(12-14)23(25)26/h1-7,12H,8-11,13H2,(H,20,24). The van der Waals surface area contributed by atoms with Crippen molar-refractivity contribution in [2.45, 2.75) is 0 Å². The van der Waals surface area contributed by atoms with Gasteiger partial charge in [0.2, 0.25) is 5.91 Å². The normalized spacial score (nSPS) is 14.9. The Balaban J connectivity index is 1.52. The molecule has 3 rings (SSSR count). The smallest absolute Gasteiger partial charge is 0.271 e. The number of benzene rings is 2. The zero-order valence-corrected chi connectivity index (χ0v) is 16.3. The van der Waals surface area contributed by atoms with Crippen LogP contribution in [0.5, 0.6) is 0 Å². The minimum atomic E-state index is -0.380. The number of amides is 1. The van der Waals surface area contributed by atoms with Gasteiger partial charge < -0.3 is 10.2 Å². The Morgan fingerprint density at radius 1 is 1.12 bits per heavy atom. The van der Waals surface area contributed by atoms with E-state index in [9.17, 15) is 14.9 Å². The summed E-state index contributed by atoms with van der Waals surface area (Å²) in [6.07, 6.45) is 0. The van der Waals surface area contributed by atoms with Crippen LogP contribution in [0.1, 0.15) is 0 Å². The molecule has 7 nitrogen and oxygen atoms in total. The third kappa shape index (κ3) is 4.70. The van der Waals surface area contributed by atoms with Crippen molar-refractivity contribution in [1.82, 2.24) is 4.90 Å². The van der Waals surface area contributed by atoms with Gasteiger partial charge in [0.1, 0.15) is 0 Å². The summed E-state index contributed by atoms with van der Waals surface area (Å²) in [6.45, 7) is 3.28. The summed E-state index contributed by atoms with van der Waals surface area (Å²) in [6, 6.07) is 14.4. The van der Waals surface area contributed by atoms with Gasteiger partial charge in [-0.2, -0.15) is 0 Å². The van der Waals surface area contributed by atoms with E-state index in [2.05, 4.69) is 37.7 Å². The number of halogens is 1. The van der Waals surface area contributed by atoms with Gasteiger partial charge in [0, 0.05) is 47.6 Å². The van der Waals surface area contributed by atoms with Gasteiger partial charge in [-0.1, -0.05) is 18.2 Å². The number of carbonyl (C=O) groups excluding carboxylic acids is 1. The first-order valence-electron chi connectivity index (χ1n) is 8.29. The maximum Gasteiger partial charge on any atom is 0.271 e. The van der Waals surface area contributed by atoms with Gasteiger partial charge in [0.25, 0.3) is 5.69 Å². The lowest BCUT2D eigenvalue weighted by Gasteiger charge is -2.35. The van der Waals surface area contributed by atoms with Crippen LogP contribution in [0.25, 0.3) is 0 Å². The van der Waals surface area contributed by atoms with Crippen LogP contribution in [-0.2, 0) is 4.79 Å². The Bertz CT molecular complexity index is 807. The summed E-state index contributed by atoms with van der Waals surface area (Å²) in [4.78, 5) is 27.0. The molecule has 1 amide bonds. The molecule has 0 bridgehead atoms. The lowest BCUT2D eigenvalue weighted by atomic mass is 10.2. The molecule has 26 heavy (non-hydrogen) atoms. The molecule has 0 saturated carbocycles. The molecule has 0 atom stereocenters. The van der Waals surface area contributed by atoms with Crippen molar-refractivity contribution in [3.05, 3.63) is 62.2 Å². The van der Waals surface area contributed by atoms with Gasteiger partial charge in [-0.05, 0) is 40.8 Å². The summed E-state index contributed by atoms with van der Waals surface area (Å²) < 4.78 is 1.01. The molecular formula is C18H19IN4O3. The molecular weight excluding hydrogens is 447 g/mol. The second kappa shape index (κ2) is 8.45. The van der Waals surface area contributed by atoms with E-state index in [1.807, 2.05) is 30.3 Å². The Hall–Kier alpha value is -2.20. The van der Waals surface area contributed by atoms with Crippen molar-refractivity contribution in [1.29, 1.82) is 0 Å². The fourth-order valence-electron chi connectivity index (χ4n) is 2.92. The number of anilines is 2. The molecule has 0 aromatic heterocycles. The SMILES string of the molecule is O=C(CN1CCN(c2cccc([N+](=O)[O-])c2)CC1)Nc1ccccc1I. The quantitative estimate of drug-likeness (QED) is 0.417. The topological polar surface area (TPSA) is 78.7 Å². The van der Waals surface area contributed by atoms with Crippen molar-refractivity contribution < 1.29 is 9.72 Å². The zero-order valence-electron chi connectivity index (χ0n) is 14.1. The van der Waals surface area contributed by atoms with E-state index in [4.69, 9.17) is 0 Å². The third-order valence-electron chi connectivity index (χ3n) is 4.29. The van der Waals surface area contributed by atoms with Crippen LogP contribution < -0.4 is 10.2 Å². The highest BCUT2D eigenvalue weighted by atomic mass is 127. The predicted octanol–water partition coefficient (Wildman–Crippen LogP) is 2.96. The van der Waals surface area contributed by atoms with Crippen LogP contribution in [-0.4, -0.2) is 48.5 Å². The molecule has 136 valence electrons. The number of para-hydroxylation sites is 1. The first kappa shape index (κ1) is 18.6. The summed E-state index contributed by atoms with van der Waals surface area (Å²) >= 11 is 2.20. The van der Waals surface area contributed by atoms with E-state index in [0.717, 1.165) is 41.1 Å². The molecule has 0 spiro atoms. The van der Waals surface area contributed by atoms with Crippen molar-refractivity contribution in [3.8, 4) is 0 Å². The number of nitro benzene ring substituents is 1. The average molecular weight is 466 g/mol. The monoisotopic (exact) mass is 466 g/mol. The minimum absolute atomic E-state index is 0.0297. The molecule has 0 aliphatic carbocycles. The lowest BCUT2D eigenvalue weighted by Crippen LogP contribution is -2.48. The Kier molecular flexibility index (Phi) is 6.04. The third-order valence-corrected chi connectivity index (χ3v) is 5.23. The molecule has 8 heteroatoms. The van der Waals surface area contributed by atoms with Gasteiger partial charge in [-0.15, -0.1) is 0 Å². The van der Waals surface area contributed by atoms with Crippen molar-refractivity contribution in [2.24, 2.45) is 0 Å². The first-order chi connectivity index (χ1) is 12.5. The zero-order chi connectivity index (χ0) is 18.5. The predicted molar refractivity (Wildman–Crippen MR) is 110 cm³/mol. The number of non-ortho nitro benzene ring substituents is 1. The molecule has 1 fully saturated rings. The van der Waals surface area contributed by atoms with Crippen molar-refractivity contribution in [3.63, 3.8) is 0 Å². The molecule has 1 saturated heterocycles. The van der Waals surface area contributed by atoms with Crippen molar-refractivity contribution >= 4 is 45.6 Å². The van der Waals surface area contributed by atoms with E-state index in [1.165, 1.54) is 6.07 Å². The fourth-order valence-corrected chi connectivity index (χ4v) is 3.45. The van der Waals surface area contributed by atoms with Crippen LogP contribution in [0.3, 0.4) is 0 Å². The number of piperazine rings is 1. The van der Waals surface area contributed by atoms with E-state index < -0.39 is 0 Å². The number of carbonyl (C=O) groups is 1. The van der Waals surface area contributed by atoms with Gasteiger partial charge in [-0.25, -0.2) is 0 Å². The number of rotatable bonds is 5. The molecule has 1 aliphatic heterocycles. The van der Waals surface area contributed by atoms with E-state index in [-0.39, 0.29) is 16.5 Å². The molecule has 0 unspecified atom stereocenters. The number of nitrogens with one attached hydrogen (secondary N) is 1. The minimum Gasteiger partial charge on any atom is -0.369 e. The molecule has 2 aromatic carbocycles. The van der Waals surface area contributed by atoms with Crippen LogP contribution >= 0.6 is 22.6 Å². The van der Waals surface area contributed by atoms with Crippen LogP contribution in [0.15, 0.2) is 48.5 Å². The summed E-state index contributed by atoms with van der Waals surface area (Å²) in [5, 5.41) is 13.9. The van der Waals surface area contributed by atoms with Crippen LogP contribution in [0.2, 0.25) is 0 Å². The number of hydrogen-bond donors (Lipinski definition) is 1. The fraction of sp³-hybridized carbons (Fsp3) is 0.278. The van der Waals surface area contributed by atoms with Crippen LogP contribution in [0.4, 0.5) is 17.1 Å². The van der Waals surface area contributed by atoms with Gasteiger partial charge in [-0.3, -0.25) is 19.8 Å². The molecule has 1 N–H and O–H groups in total. The first-order valence-corrected chi connectivity index (χ1v) is 9.37. The van der Waals surface area contributed by atoms with Gasteiger partial charge in [0.05, 0.1) is 17.2 Å². The second-order valence-electron chi connectivity index (χ2n) is 6.07. The molecule has 0 radical (unpaired) electrons. The molecule has 1 aliphatic rings. The largest absolute Gasteiger partial charge is 0.369 e. The summed E-state index contributed by atoms with van der Waals surface area (Å²) in [5.41, 5.74) is 1.78.